The second-order valence-electron chi connectivity index (χ2n) is 5.32. The van der Waals surface area contributed by atoms with E-state index < -0.39 is 11.0 Å². The van der Waals surface area contributed by atoms with Gasteiger partial charge in [-0.1, -0.05) is 18.2 Å². The average Bonchev–Trinajstić information content (AvgIpc) is 3.07. The van der Waals surface area contributed by atoms with Gasteiger partial charge in [-0.25, -0.2) is 0 Å². The highest BCUT2D eigenvalue weighted by Crippen LogP contribution is 2.44. The van der Waals surface area contributed by atoms with Crippen LogP contribution in [0, 0.1) is 10.1 Å². The molecule has 0 bridgehead atoms. The molecular weight excluding hydrogens is 314 g/mol. The lowest BCUT2D eigenvalue weighted by Gasteiger charge is -2.24. The third-order valence-electron chi connectivity index (χ3n) is 3.95. The standard InChI is InChI=1S/C17H13NO6/c1-21-14-4-2-3-10-7-12(18(19)20)16(24-17(10)14)11-5-6-13-15(8-11)23-9-22-13/h2-8,16H,9H2,1H3/t16-/m0/s1. The van der Waals surface area contributed by atoms with Crippen LogP contribution in [0.5, 0.6) is 23.0 Å². The smallest absolute Gasteiger partial charge is 0.291 e. The molecule has 7 heteroatoms. The summed E-state index contributed by atoms with van der Waals surface area (Å²) in [4.78, 5) is 11.1. The first-order chi connectivity index (χ1) is 11.7. The van der Waals surface area contributed by atoms with Crippen LogP contribution >= 0.6 is 0 Å². The van der Waals surface area contributed by atoms with Crippen molar-refractivity contribution >= 4 is 6.08 Å². The maximum Gasteiger partial charge on any atom is 0.291 e. The Kier molecular flexibility index (Phi) is 3.26. The van der Waals surface area contributed by atoms with Crippen LogP contribution in [0.2, 0.25) is 0 Å². The monoisotopic (exact) mass is 327 g/mol. The lowest BCUT2D eigenvalue weighted by Crippen LogP contribution is -2.20. The summed E-state index contributed by atoms with van der Waals surface area (Å²) >= 11 is 0. The van der Waals surface area contributed by atoms with Gasteiger partial charge in [-0.05, 0) is 18.2 Å². The molecule has 0 N–H and O–H groups in total. The Balaban J connectivity index is 1.82. The van der Waals surface area contributed by atoms with Crippen LogP contribution < -0.4 is 18.9 Å². The van der Waals surface area contributed by atoms with E-state index in [1.165, 1.54) is 13.2 Å². The second kappa shape index (κ2) is 5.45. The second-order valence-corrected chi connectivity index (χ2v) is 5.32. The number of nitrogens with zero attached hydrogens (tertiary/aromatic N) is 1. The third-order valence-corrected chi connectivity index (χ3v) is 3.95. The van der Waals surface area contributed by atoms with Gasteiger partial charge < -0.3 is 18.9 Å². The Morgan fingerprint density at radius 1 is 1.21 bits per heavy atom. The fourth-order valence-electron chi connectivity index (χ4n) is 2.81. The quantitative estimate of drug-likeness (QED) is 0.636. The molecule has 2 aromatic carbocycles. The van der Waals surface area contributed by atoms with E-state index >= 15 is 0 Å². The van der Waals surface area contributed by atoms with Gasteiger partial charge >= 0.3 is 0 Å². The van der Waals surface area contributed by atoms with Gasteiger partial charge in [0.15, 0.2) is 23.0 Å². The van der Waals surface area contributed by atoms with E-state index in [1.807, 2.05) is 0 Å². The fourth-order valence-corrected chi connectivity index (χ4v) is 2.81. The number of nitro groups is 1. The number of benzene rings is 2. The van der Waals surface area contributed by atoms with Crippen molar-refractivity contribution in [1.82, 2.24) is 0 Å². The largest absolute Gasteiger partial charge is 0.493 e. The summed E-state index contributed by atoms with van der Waals surface area (Å²) in [6.07, 6.45) is 0.648. The van der Waals surface area contributed by atoms with Crippen LogP contribution in [0.15, 0.2) is 42.1 Å². The van der Waals surface area contributed by atoms with Crippen LogP contribution in [0.1, 0.15) is 17.2 Å². The summed E-state index contributed by atoms with van der Waals surface area (Å²) in [5.74, 6) is 2.16. The Morgan fingerprint density at radius 3 is 2.83 bits per heavy atom. The Labute approximate surface area is 137 Å². The van der Waals surface area contributed by atoms with Crippen LogP contribution in [0.25, 0.3) is 6.08 Å². The number of rotatable bonds is 3. The van der Waals surface area contributed by atoms with E-state index in [9.17, 15) is 10.1 Å². The third kappa shape index (κ3) is 2.21. The van der Waals surface area contributed by atoms with Gasteiger partial charge in [-0.2, -0.15) is 0 Å². The van der Waals surface area contributed by atoms with E-state index in [-0.39, 0.29) is 12.5 Å². The van der Waals surface area contributed by atoms with Crippen LogP contribution in [-0.4, -0.2) is 18.8 Å². The average molecular weight is 327 g/mol. The van der Waals surface area contributed by atoms with Crippen molar-refractivity contribution in [3.8, 4) is 23.0 Å². The number of hydrogen-bond donors (Lipinski definition) is 0. The minimum Gasteiger partial charge on any atom is -0.493 e. The zero-order valence-electron chi connectivity index (χ0n) is 12.7. The molecule has 2 aliphatic heterocycles. The summed E-state index contributed by atoms with van der Waals surface area (Å²) in [5, 5.41) is 11.5. The van der Waals surface area contributed by atoms with Crippen LogP contribution in [0.3, 0.4) is 0 Å². The molecular formula is C17H13NO6. The molecule has 0 radical (unpaired) electrons. The van der Waals surface area contributed by atoms with Crippen molar-refractivity contribution in [2.75, 3.05) is 13.9 Å². The van der Waals surface area contributed by atoms with Crippen molar-refractivity contribution in [1.29, 1.82) is 0 Å². The number of fused-ring (bicyclic) bond motifs is 2. The maximum atomic E-state index is 11.5. The molecule has 2 aliphatic rings. The van der Waals surface area contributed by atoms with Gasteiger partial charge in [0.05, 0.1) is 12.0 Å². The lowest BCUT2D eigenvalue weighted by molar-refractivity contribution is -0.434. The molecule has 0 unspecified atom stereocenters. The summed E-state index contributed by atoms with van der Waals surface area (Å²) < 4.78 is 21.9. The summed E-state index contributed by atoms with van der Waals surface area (Å²) in [6, 6.07) is 10.4. The molecule has 0 spiro atoms. The first-order valence-electron chi connectivity index (χ1n) is 7.26. The van der Waals surface area contributed by atoms with Crippen LogP contribution in [0.4, 0.5) is 0 Å². The van der Waals surface area contributed by atoms with Gasteiger partial charge in [-0.15, -0.1) is 0 Å². The van der Waals surface area contributed by atoms with Crippen molar-refractivity contribution in [2.24, 2.45) is 0 Å². The highest BCUT2D eigenvalue weighted by atomic mass is 16.7. The van der Waals surface area contributed by atoms with E-state index in [4.69, 9.17) is 18.9 Å². The maximum absolute atomic E-state index is 11.5. The number of para-hydroxylation sites is 1. The Morgan fingerprint density at radius 2 is 2.04 bits per heavy atom. The first kappa shape index (κ1) is 14.4. The van der Waals surface area contributed by atoms with E-state index in [0.717, 1.165) is 0 Å². The first-order valence-corrected chi connectivity index (χ1v) is 7.26. The highest BCUT2D eigenvalue weighted by molar-refractivity contribution is 5.66. The van der Waals surface area contributed by atoms with Gasteiger partial charge in [0.25, 0.3) is 5.70 Å². The molecule has 0 amide bonds. The minimum atomic E-state index is -0.863. The highest BCUT2D eigenvalue weighted by Gasteiger charge is 2.35. The van der Waals surface area contributed by atoms with Crippen molar-refractivity contribution < 1.29 is 23.9 Å². The molecule has 1 atom stereocenters. The Hall–Kier alpha value is -3.22. The van der Waals surface area contributed by atoms with Gasteiger partial charge in [0, 0.05) is 17.2 Å². The topological polar surface area (TPSA) is 80.1 Å². The zero-order chi connectivity index (χ0) is 16.7. The molecule has 122 valence electrons. The molecule has 0 aliphatic carbocycles. The normalized spacial score (nSPS) is 17.5. The molecule has 7 nitrogen and oxygen atoms in total. The fraction of sp³-hybridized carbons (Fsp3) is 0.176. The molecule has 4 rings (SSSR count). The predicted molar refractivity (Wildman–Crippen MR) is 83.9 cm³/mol. The molecule has 2 heterocycles. The molecule has 24 heavy (non-hydrogen) atoms. The molecule has 0 aromatic heterocycles. The van der Waals surface area contributed by atoms with Crippen molar-refractivity contribution in [3.63, 3.8) is 0 Å². The number of ether oxygens (including phenoxy) is 4. The predicted octanol–water partition coefficient (Wildman–Crippen LogP) is 3.18. The van der Waals surface area contributed by atoms with E-state index in [2.05, 4.69) is 0 Å². The summed E-state index contributed by atoms with van der Waals surface area (Å²) in [5.41, 5.74) is 1.17. The van der Waals surface area contributed by atoms with Crippen LogP contribution in [-0.2, 0) is 0 Å². The SMILES string of the molecule is COc1cccc2c1O[C@@H](c1ccc3c(c1)OCO3)C([N+](=O)[O-])=C2. The minimum absolute atomic E-state index is 0.0466. The van der Waals surface area contributed by atoms with Gasteiger partial charge in [-0.3, -0.25) is 10.1 Å². The van der Waals surface area contributed by atoms with Crippen molar-refractivity contribution in [3.05, 3.63) is 63.3 Å². The molecule has 2 aromatic rings. The van der Waals surface area contributed by atoms with E-state index in [1.54, 1.807) is 36.4 Å². The summed E-state index contributed by atoms with van der Waals surface area (Å²) in [6.45, 7) is 0.138. The lowest BCUT2D eigenvalue weighted by atomic mass is 10.0. The summed E-state index contributed by atoms with van der Waals surface area (Å²) in [7, 11) is 1.53. The Bertz CT molecular complexity index is 860. The van der Waals surface area contributed by atoms with E-state index in [0.29, 0.717) is 34.1 Å². The molecule has 0 saturated carbocycles. The van der Waals surface area contributed by atoms with Crippen molar-refractivity contribution in [2.45, 2.75) is 6.10 Å². The molecule has 0 saturated heterocycles. The van der Waals surface area contributed by atoms with Gasteiger partial charge in [0.1, 0.15) is 0 Å². The molecule has 0 fully saturated rings. The van der Waals surface area contributed by atoms with Gasteiger partial charge in [0.2, 0.25) is 12.9 Å². The number of methoxy groups -OCH3 is 1. The number of hydrogen-bond acceptors (Lipinski definition) is 6. The zero-order valence-corrected chi connectivity index (χ0v) is 12.7.